The Morgan fingerprint density at radius 2 is 1.62 bits per heavy atom. The molecule has 2 amide bonds. The SMILES string of the molecule is CC(=O)c1cccc(NC(=O)C2CC2C(=O)Nc2ccc(F)c(Cl)c2)c1. The fraction of sp³-hybridized carbons (Fsp3) is 0.211. The van der Waals surface area contributed by atoms with Crippen LogP contribution in [-0.2, 0) is 9.59 Å². The van der Waals surface area contributed by atoms with Crippen LogP contribution in [0.2, 0.25) is 5.02 Å². The summed E-state index contributed by atoms with van der Waals surface area (Å²) in [7, 11) is 0. The van der Waals surface area contributed by atoms with Crippen molar-refractivity contribution in [2.45, 2.75) is 13.3 Å². The second-order valence-corrected chi connectivity index (χ2v) is 6.60. The van der Waals surface area contributed by atoms with Gasteiger partial charge in [-0.2, -0.15) is 0 Å². The van der Waals surface area contributed by atoms with Crippen LogP contribution in [0.5, 0.6) is 0 Å². The minimum atomic E-state index is -0.568. The first-order chi connectivity index (χ1) is 12.3. The lowest BCUT2D eigenvalue weighted by Crippen LogP contribution is -2.20. The number of Topliss-reactive ketones (excluding diaryl/α,β-unsaturated/α-hetero) is 1. The molecule has 134 valence electrons. The van der Waals surface area contributed by atoms with Crippen molar-refractivity contribution in [1.82, 2.24) is 0 Å². The maximum atomic E-state index is 13.1. The van der Waals surface area contributed by atoms with E-state index < -0.39 is 17.7 Å². The Morgan fingerprint density at radius 3 is 2.19 bits per heavy atom. The third-order valence-electron chi connectivity index (χ3n) is 4.19. The Labute approximate surface area is 154 Å². The highest BCUT2D eigenvalue weighted by atomic mass is 35.5. The number of benzene rings is 2. The molecule has 1 aliphatic carbocycles. The summed E-state index contributed by atoms with van der Waals surface area (Å²) < 4.78 is 13.1. The Morgan fingerprint density at radius 1 is 1.00 bits per heavy atom. The van der Waals surface area contributed by atoms with E-state index in [2.05, 4.69) is 10.6 Å². The number of carbonyl (C=O) groups excluding carboxylic acids is 3. The van der Waals surface area contributed by atoms with Gasteiger partial charge in [0.15, 0.2) is 5.78 Å². The van der Waals surface area contributed by atoms with Crippen molar-refractivity contribution in [2.75, 3.05) is 10.6 Å². The lowest BCUT2D eigenvalue weighted by atomic mass is 10.1. The molecule has 1 aliphatic rings. The van der Waals surface area contributed by atoms with Gasteiger partial charge >= 0.3 is 0 Å². The molecule has 1 saturated carbocycles. The van der Waals surface area contributed by atoms with E-state index in [1.807, 2.05) is 0 Å². The molecule has 0 radical (unpaired) electrons. The predicted molar refractivity (Wildman–Crippen MR) is 96.7 cm³/mol. The van der Waals surface area contributed by atoms with Crippen LogP contribution in [0.15, 0.2) is 42.5 Å². The van der Waals surface area contributed by atoms with Gasteiger partial charge in [0.2, 0.25) is 11.8 Å². The van der Waals surface area contributed by atoms with Crippen LogP contribution in [0.1, 0.15) is 23.7 Å². The molecule has 1 fully saturated rings. The van der Waals surface area contributed by atoms with Crippen molar-refractivity contribution < 1.29 is 18.8 Å². The zero-order chi connectivity index (χ0) is 18.8. The third-order valence-corrected chi connectivity index (χ3v) is 4.48. The number of amides is 2. The fourth-order valence-corrected chi connectivity index (χ4v) is 2.81. The smallest absolute Gasteiger partial charge is 0.228 e. The van der Waals surface area contributed by atoms with Gasteiger partial charge in [0.25, 0.3) is 0 Å². The van der Waals surface area contributed by atoms with Crippen molar-refractivity contribution in [3.05, 3.63) is 58.9 Å². The van der Waals surface area contributed by atoms with Crippen LogP contribution in [0.25, 0.3) is 0 Å². The third kappa shape index (κ3) is 4.08. The quantitative estimate of drug-likeness (QED) is 0.779. The summed E-state index contributed by atoms with van der Waals surface area (Å²) in [5.74, 6) is -2.14. The van der Waals surface area contributed by atoms with Crippen LogP contribution in [0, 0.1) is 17.7 Å². The normalized spacial score (nSPS) is 18.1. The molecule has 2 N–H and O–H groups in total. The average molecular weight is 375 g/mol. The van der Waals surface area contributed by atoms with Crippen molar-refractivity contribution in [1.29, 1.82) is 0 Å². The minimum absolute atomic E-state index is 0.0850. The summed E-state index contributed by atoms with van der Waals surface area (Å²) in [6, 6.07) is 10.5. The summed E-state index contributed by atoms with van der Waals surface area (Å²) in [4.78, 5) is 35.9. The molecule has 5 nitrogen and oxygen atoms in total. The molecule has 0 spiro atoms. The Hall–Kier alpha value is -2.73. The molecule has 3 rings (SSSR count). The van der Waals surface area contributed by atoms with E-state index >= 15 is 0 Å². The molecule has 26 heavy (non-hydrogen) atoms. The first-order valence-electron chi connectivity index (χ1n) is 8.03. The van der Waals surface area contributed by atoms with Crippen LogP contribution < -0.4 is 10.6 Å². The number of nitrogens with one attached hydrogen (secondary N) is 2. The van der Waals surface area contributed by atoms with Crippen molar-refractivity contribution in [3.63, 3.8) is 0 Å². The maximum absolute atomic E-state index is 13.1. The van der Waals surface area contributed by atoms with Crippen LogP contribution in [0.4, 0.5) is 15.8 Å². The summed E-state index contributed by atoms with van der Waals surface area (Å²) in [6.07, 6.45) is 0.430. The van der Waals surface area contributed by atoms with Crippen molar-refractivity contribution in [2.24, 2.45) is 11.8 Å². The topological polar surface area (TPSA) is 75.3 Å². The molecule has 2 atom stereocenters. The molecule has 0 saturated heterocycles. The highest BCUT2D eigenvalue weighted by Crippen LogP contribution is 2.40. The van der Waals surface area contributed by atoms with Crippen molar-refractivity contribution >= 4 is 40.6 Å². The van der Waals surface area contributed by atoms with Gasteiger partial charge in [0.1, 0.15) is 5.82 Å². The summed E-state index contributed by atoms with van der Waals surface area (Å²) >= 11 is 5.68. The largest absolute Gasteiger partial charge is 0.326 e. The standard InChI is InChI=1S/C19H16ClFN2O3/c1-10(24)11-3-2-4-12(7-11)22-18(25)14-9-15(14)19(26)23-13-5-6-17(21)16(20)8-13/h2-8,14-15H,9H2,1H3,(H,22,25)(H,23,26). The molecule has 2 aromatic rings. The van der Waals surface area contributed by atoms with Crippen LogP contribution in [-0.4, -0.2) is 17.6 Å². The Bertz CT molecular complexity index is 900. The number of anilines is 2. The monoisotopic (exact) mass is 374 g/mol. The first kappa shape index (κ1) is 18.1. The molecule has 2 aromatic carbocycles. The number of carbonyl (C=O) groups is 3. The number of hydrogen-bond donors (Lipinski definition) is 2. The van der Waals surface area contributed by atoms with E-state index in [9.17, 15) is 18.8 Å². The average Bonchev–Trinajstić information content (AvgIpc) is 3.39. The van der Waals surface area contributed by atoms with E-state index in [4.69, 9.17) is 11.6 Å². The molecule has 0 bridgehead atoms. The second kappa shape index (κ2) is 7.25. The van der Waals surface area contributed by atoms with Gasteiger partial charge in [-0.05, 0) is 43.7 Å². The van der Waals surface area contributed by atoms with Gasteiger partial charge in [-0.3, -0.25) is 14.4 Å². The molecular weight excluding hydrogens is 359 g/mol. The number of rotatable bonds is 5. The summed E-state index contributed by atoms with van der Waals surface area (Å²) in [5, 5.41) is 5.27. The second-order valence-electron chi connectivity index (χ2n) is 6.19. The zero-order valence-corrected chi connectivity index (χ0v) is 14.6. The van der Waals surface area contributed by atoms with E-state index in [0.717, 1.165) is 6.07 Å². The number of ketones is 1. The highest BCUT2D eigenvalue weighted by molar-refractivity contribution is 6.31. The van der Waals surface area contributed by atoms with Crippen LogP contribution in [0.3, 0.4) is 0 Å². The number of hydrogen-bond acceptors (Lipinski definition) is 3. The zero-order valence-electron chi connectivity index (χ0n) is 13.9. The fourth-order valence-electron chi connectivity index (χ4n) is 2.63. The van der Waals surface area contributed by atoms with Gasteiger partial charge in [-0.1, -0.05) is 23.7 Å². The number of halogens is 2. The molecule has 7 heteroatoms. The molecule has 0 aromatic heterocycles. The van der Waals surface area contributed by atoms with Crippen molar-refractivity contribution in [3.8, 4) is 0 Å². The molecular formula is C19H16ClFN2O3. The maximum Gasteiger partial charge on any atom is 0.228 e. The molecule has 2 unspecified atom stereocenters. The van der Waals surface area contributed by atoms with Gasteiger partial charge in [-0.15, -0.1) is 0 Å². The predicted octanol–water partition coefficient (Wildman–Crippen LogP) is 3.90. The van der Waals surface area contributed by atoms with Gasteiger partial charge in [-0.25, -0.2) is 4.39 Å². The van der Waals surface area contributed by atoms with Gasteiger partial charge < -0.3 is 10.6 Å². The lowest BCUT2D eigenvalue weighted by Gasteiger charge is -2.07. The first-order valence-corrected chi connectivity index (χ1v) is 8.40. The van der Waals surface area contributed by atoms with E-state index in [-0.39, 0.29) is 22.6 Å². The summed E-state index contributed by atoms with van der Waals surface area (Å²) in [5.41, 5.74) is 1.39. The van der Waals surface area contributed by atoms with E-state index in [1.54, 1.807) is 24.3 Å². The minimum Gasteiger partial charge on any atom is -0.326 e. The summed E-state index contributed by atoms with van der Waals surface area (Å²) in [6.45, 7) is 1.45. The van der Waals surface area contributed by atoms with Gasteiger partial charge in [0, 0.05) is 16.9 Å². The van der Waals surface area contributed by atoms with Crippen LogP contribution >= 0.6 is 11.6 Å². The Kier molecular flexibility index (Phi) is 5.04. The lowest BCUT2D eigenvalue weighted by molar-refractivity contribution is -0.122. The van der Waals surface area contributed by atoms with E-state index in [0.29, 0.717) is 23.4 Å². The molecule has 0 aliphatic heterocycles. The molecule has 0 heterocycles. The van der Waals surface area contributed by atoms with E-state index in [1.165, 1.54) is 19.1 Å². The highest BCUT2D eigenvalue weighted by Gasteiger charge is 2.48. The van der Waals surface area contributed by atoms with Gasteiger partial charge in [0.05, 0.1) is 16.9 Å². The Balaban J connectivity index is 1.58.